The van der Waals surface area contributed by atoms with E-state index in [2.05, 4.69) is 10.3 Å². The summed E-state index contributed by atoms with van der Waals surface area (Å²) in [5, 5.41) is 2.88. The zero-order valence-electron chi connectivity index (χ0n) is 13.1. The van der Waals surface area contributed by atoms with Crippen molar-refractivity contribution in [2.75, 3.05) is 5.32 Å². The molecule has 24 heavy (non-hydrogen) atoms. The van der Waals surface area contributed by atoms with Crippen LogP contribution in [-0.2, 0) is 0 Å². The Hall–Kier alpha value is -3.34. The maximum atomic E-state index is 12.4. The van der Waals surface area contributed by atoms with Gasteiger partial charge in [0.05, 0.1) is 0 Å². The molecule has 0 saturated heterocycles. The molecule has 1 N–H and O–H groups in total. The molecule has 118 valence electrons. The smallest absolute Gasteiger partial charge is 0.255 e. The Morgan fingerprint density at radius 2 is 1.83 bits per heavy atom. The quantitative estimate of drug-likeness (QED) is 0.616. The molecule has 4 rings (SSSR count). The third kappa shape index (κ3) is 2.67. The van der Waals surface area contributed by atoms with E-state index in [1.165, 1.54) is 0 Å². The molecular weight excluding hydrogens is 302 g/mol. The number of carbonyl (C=O) groups excluding carboxylic acids is 1. The van der Waals surface area contributed by atoms with E-state index >= 15 is 0 Å². The topological polar surface area (TPSA) is 60.1 Å². The molecule has 5 heteroatoms. The highest BCUT2D eigenvalue weighted by molar-refractivity contribution is 6.05. The van der Waals surface area contributed by atoms with Gasteiger partial charge in [-0.05, 0) is 48.5 Å². The number of anilines is 1. The van der Waals surface area contributed by atoms with Crippen LogP contribution in [0, 0.1) is 6.92 Å². The van der Waals surface area contributed by atoms with Crippen LogP contribution in [0.2, 0.25) is 0 Å². The summed E-state index contributed by atoms with van der Waals surface area (Å²) in [6, 6.07) is 16.8. The van der Waals surface area contributed by atoms with Crippen molar-refractivity contribution in [3.63, 3.8) is 0 Å². The molecular formula is C19H15N3O2. The van der Waals surface area contributed by atoms with E-state index in [0.717, 1.165) is 11.2 Å². The van der Waals surface area contributed by atoms with E-state index in [1.807, 2.05) is 65.5 Å². The molecule has 2 heterocycles. The van der Waals surface area contributed by atoms with Crippen molar-refractivity contribution in [1.82, 2.24) is 9.55 Å². The first kappa shape index (κ1) is 14.3. The number of oxazole rings is 1. The minimum absolute atomic E-state index is 0.162. The molecule has 0 atom stereocenters. The van der Waals surface area contributed by atoms with Gasteiger partial charge >= 0.3 is 0 Å². The standard InChI is InChI=1S/C19H15N3O2/c1-13-20-17-9-6-15(12-18(17)24-13)21-19(23)14-4-7-16(8-5-14)22-10-2-3-11-22/h2-12H,1H3,(H,21,23). The van der Waals surface area contributed by atoms with E-state index in [4.69, 9.17) is 4.42 Å². The lowest BCUT2D eigenvalue weighted by atomic mass is 10.2. The summed E-state index contributed by atoms with van der Waals surface area (Å²) in [6.07, 6.45) is 3.92. The fourth-order valence-electron chi connectivity index (χ4n) is 2.61. The van der Waals surface area contributed by atoms with Crippen molar-refractivity contribution < 1.29 is 9.21 Å². The van der Waals surface area contributed by atoms with Crippen molar-refractivity contribution in [3.8, 4) is 5.69 Å². The Labute approximate surface area is 138 Å². The molecule has 0 radical (unpaired) electrons. The number of fused-ring (bicyclic) bond motifs is 1. The van der Waals surface area contributed by atoms with E-state index in [9.17, 15) is 4.79 Å². The number of aromatic nitrogens is 2. The van der Waals surface area contributed by atoms with Crippen LogP contribution in [0.3, 0.4) is 0 Å². The van der Waals surface area contributed by atoms with Gasteiger partial charge in [-0.15, -0.1) is 0 Å². The number of aryl methyl sites for hydroxylation is 1. The minimum atomic E-state index is -0.162. The molecule has 0 saturated carbocycles. The average molecular weight is 317 g/mol. The van der Waals surface area contributed by atoms with Crippen LogP contribution in [0.15, 0.2) is 71.4 Å². The highest BCUT2D eigenvalue weighted by atomic mass is 16.3. The molecule has 4 aromatic rings. The monoisotopic (exact) mass is 317 g/mol. The van der Waals surface area contributed by atoms with Crippen LogP contribution in [0.1, 0.15) is 16.2 Å². The Bertz CT molecular complexity index is 999. The second-order valence-electron chi connectivity index (χ2n) is 5.51. The lowest BCUT2D eigenvalue weighted by molar-refractivity contribution is 0.102. The van der Waals surface area contributed by atoms with Gasteiger partial charge in [0, 0.05) is 42.3 Å². The number of carbonyl (C=O) groups is 1. The van der Waals surface area contributed by atoms with Gasteiger partial charge in [-0.1, -0.05) is 0 Å². The van der Waals surface area contributed by atoms with E-state index < -0.39 is 0 Å². The van der Waals surface area contributed by atoms with Crippen molar-refractivity contribution >= 4 is 22.7 Å². The second-order valence-corrected chi connectivity index (χ2v) is 5.51. The van der Waals surface area contributed by atoms with Gasteiger partial charge in [-0.25, -0.2) is 4.98 Å². The summed E-state index contributed by atoms with van der Waals surface area (Å²) in [6.45, 7) is 1.80. The maximum Gasteiger partial charge on any atom is 0.255 e. The molecule has 0 bridgehead atoms. The van der Waals surface area contributed by atoms with Gasteiger partial charge in [0.1, 0.15) is 5.52 Å². The fourth-order valence-corrected chi connectivity index (χ4v) is 2.61. The van der Waals surface area contributed by atoms with Crippen molar-refractivity contribution in [2.24, 2.45) is 0 Å². The normalized spacial score (nSPS) is 10.9. The molecule has 0 unspecified atom stereocenters. The third-order valence-corrected chi connectivity index (χ3v) is 3.79. The molecule has 0 spiro atoms. The number of nitrogens with zero attached hydrogens (tertiary/aromatic N) is 2. The summed E-state index contributed by atoms with van der Waals surface area (Å²) in [7, 11) is 0. The molecule has 2 aromatic carbocycles. The minimum Gasteiger partial charge on any atom is -0.441 e. The van der Waals surface area contributed by atoms with Crippen LogP contribution in [-0.4, -0.2) is 15.5 Å². The van der Waals surface area contributed by atoms with Crippen LogP contribution in [0.25, 0.3) is 16.8 Å². The maximum absolute atomic E-state index is 12.4. The molecule has 0 aliphatic heterocycles. The van der Waals surface area contributed by atoms with Gasteiger partial charge in [-0.3, -0.25) is 4.79 Å². The first-order valence-corrected chi connectivity index (χ1v) is 7.61. The van der Waals surface area contributed by atoms with Gasteiger partial charge in [0.25, 0.3) is 5.91 Å². The Balaban J connectivity index is 1.54. The van der Waals surface area contributed by atoms with Crippen molar-refractivity contribution in [1.29, 1.82) is 0 Å². The first-order chi connectivity index (χ1) is 11.7. The zero-order chi connectivity index (χ0) is 16.5. The third-order valence-electron chi connectivity index (χ3n) is 3.79. The fraction of sp³-hybridized carbons (Fsp3) is 0.0526. The largest absolute Gasteiger partial charge is 0.441 e. The Kier molecular flexibility index (Phi) is 3.39. The number of amides is 1. The second kappa shape index (κ2) is 5.70. The Morgan fingerprint density at radius 1 is 1.08 bits per heavy atom. The number of hydrogen-bond acceptors (Lipinski definition) is 3. The predicted molar refractivity (Wildman–Crippen MR) is 92.5 cm³/mol. The zero-order valence-corrected chi connectivity index (χ0v) is 13.1. The van der Waals surface area contributed by atoms with Gasteiger partial charge < -0.3 is 14.3 Å². The first-order valence-electron chi connectivity index (χ1n) is 7.61. The Morgan fingerprint density at radius 3 is 2.58 bits per heavy atom. The highest BCUT2D eigenvalue weighted by Crippen LogP contribution is 2.20. The average Bonchev–Trinajstić information content (AvgIpc) is 3.23. The molecule has 5 nitrogen and oxygen atoms in total. The van der Waals surface area contributed by atoms with E-state index in [-0.39, 0.29) is 5.91 Å². The summed E-state index contributed by atoms with van der Waals surface area (Å²) < 4.78 is 7.48. The SMILES string of the molecule is Cc1nc2ccc(NC(=O)c3ccc(-n4cccc4)cc3)cc2o1. The summed E-state index contributed by atoms with van der Waals surface area (Å²) >= 11 is 0. The predicted octanol–water partition coefficient (Wildman–Crippen LogP) is 4.18. The lowest BCUT2D eigenvalue weighted by Gasteiger charge is -2.07. The van der Waals surface area contributed by atoms with Crippen molar-refractivity contribution in [3.05, 3.63) is 78.4 Å². The molecule has 0 fully saturated rings. The van der Waals surface area contributed by atoms with E-state index in [0.29, 0.717) is 22.7 Å². The summed E-state index contributed by atoms with van der Waals surface area (Å²) in [4.78, 5) is 16.6. The number of rotatable bonds is 3. The van der Waals surface area contributed by atoms with Gasteiger partial charge in [0.15, 0.2) is 11.5 Å². The van der Waals surface area contributed by atoms with Gasteiger partial charge in [0.2, 0.25) is 0 Å². The number of benzene rings is 2. The molecule has 0 aliphatic carbocycles. The highest BCUT2D eigenvalue weighted by Gasteiger charge is 2.08. The molecule has 0 aliphatic rings. The van der Waals surface area contributed by atoms with Crippen LogP contribution >= 0.6 is 0 Å². The van der Waals surface area contributed by atoms with E-state index in [1.54, 1.807) is 13.0 Å². The summed E-state index contributed by atoms with van der Waals surface area (Å²) in [5.41, 5.74) is 3.72. The lowest BCUT2D eigenvalue weighted by Crippen LogP contribution is -2.11. The van der Waals surface area contributed by atoms with Crippen LogP contribution < -0.4 is 5.32 Å². The van der Waals surface area contributed by atoms with Crippen LogP contribution in [0.4, 0.5) is 5.69 Å². The van der Waals surface area contributed by atoms with Crippen molar-refractivity contribution in [2.45, 2.75) is 6.92 Å². The molecule has 1 amide bonds. The van der Waals surface area contributed by atoms with Gasteiger partial charge in [-0.2, -0.15) is 0 Å². The van der Waals surface area contributed by atoms with Crippen LogP contribution in [0.5, 0.6) is 0 Å². The number of hydrogen-bond donors (Lipinski definition) is 1. The molecule has 2 aromatic heterocycles. The number of nitrogens with one attached hydrogen (secondary N) is 1. The summed E-state index contributed by atoms with van der Waals surface area (Å²) in [5.74, 6) is 0.443.